The van der Waals surface area contributed by atoms with Gasteiger partial charge in [-0.3, -0.25) is 19.4 Å². The molecule has 0 unspecified atom stereocenters. The number of hydrogen-bond acceptors (Lipinski definition) is 6. The Bertz CT molecular complexity index is 1430. The van der Waals surface area contributed by atoms with Crippen molar-refractivity contribution < 1.29 is 14.4 Å². The van der Waals surface area contributed by atoms with Crippen molar-refractivity contribution in [1.29, 1.82) is 0 Å². The van der Waals surface area contributed by atoms with Crippen molar-refractivity contribution in [3.8, 4) is 11.3 Å². The third-order valence-electron chi connectivity index (χ3n) is 5.73. The summed E-state index contributed by atoms with van der Waals surface area (Å²) in [5.41, 5.74) is 5.09. The lowest BCUT2D eigenvalue weighted by Crippen LogP contribution is -2.27. The summed E-state index contributed by atoms with van der Waals surface area (Å²) in [6, 6.07) is 12.8. The van der Waals surface area contributed by atoms with Crippen molar-refractivity contribution >= 4 is 40.0 Å². The molecule has 1 aromatic carbocycles. The second kappa shape index (κ2) is 10.9. The molecule has 0 aliphatic carbocycles. The van der Waals surface area contributed by atoms with Crippen LogP contribution in [0.4, 0.5) is 11.4 Å². The molecule has 4 N–H and O–H groups in total. The average molecular weight is 485 g/mol. The monoisotopic (exact) mass is 484 g/mol. The quantitative estimate of drug-likeness (QED) is 0.262. The topological polar surface area (TPSA) is 129 Å². The number of aryl methyl sites for hydroxylation is 1. The Hall–Kier alpha value is -4.37. The molecule has 9 nitrogen and oxygen atoms in total. The highest BCUT2D eigenvalue weighted by atomic mass is 16.2. The van der Waals surface area contributed by atoms with Gasteiger partial charge in [0, 0.05) is 29.3 Å². The number of fused-ring (bicyclic) bond motifs is 1. The number of Topliss-reactive ketones (excluding diaryl/α,β-unsaturated/α-hetero) is 1. The van der Waals surface area contributed by atoms with E-state index < -0.39 is 0 Å². The minimum Gasteiger partial charge on any atom is -0.339 e. The van der Waals surface area contributed by atoms with Crippen molar-refractivity contribution in [2.24, 2.45) is 0 Å². The van der Waals surface area contributed by atoms with Gasteiger partial charge in [0.2, 0.25) is 5.91 Å². The van der Waals surface area contributed by atoms with Crippen LogP contribution in [0.1, 0.15) is 46.7 Å². The number of carbonyl (C=O) groups excluding carboxylic acids is 3. The third-order valence-corrected chi connectivity index (χ3v) is 5.73. The highest BCUT2D eigenvalue weighted by molar-refractivity contribution is 6.06. The van der Waals surface area contributed by atoms with Crippen molar-refractivity contribution in [2.45, 2.75) is 27.2 Å². The molecule has 0 spiro atoms. The van der Waals surface area contributed by atoms with E-state index in [0.717, 1.165) is 16.6 Å². The molecule has 0 aliphatic rings. The summed E-state index contributed by atoms with van der Waals surface area (Å²) in [5.74, 6) is -0.428. The van der Waals surface area contributed by atoms with Crippen molar-refractivity contribution in [3.63, 3.8) is 0 Å². The molecule has 2 amide bonds. The zero-order chi connectivity index (χ0) is 25.7. The number of nitrogens with one attached hydrogen (secondary N) is 4. The molecule has 0 bridgehead atoms. The molecule has 3 aromatic heterocycles. The summed E-state index contributed by atoms with van der Waals surface area (Å²) in [6.45, 7) is 6.42. The van der Waals surface area contributed by atoms with E-state index in [9.17, 15) is 14.4 Å². The van der Waals surface area contributed by atoms with Gasteiger partial charge >= 0.3 is 0 Å². The Labute approximate surface area is 208 Å². The zero-order valence-electron chi connectivity index (χ0n) is 20.4. The molecule has 4 aromatic rings. The SMILES string of the molecule is CCNCC(=O)Nc1cnc(C)c(NC(=O)c2cnc3[nH]c(-c4ccc(C(=O)CC)cc4)cc3c2)c1. The van der Waals surface area contributed by atoms with E-state index >= 15 is 0 Å². The minimum atomic E-state index is -0.337. The largest absolute Gasteiger partial charge is 0.339 e. The van der Waals surface area contributed by atoms with Gasteiger partial charge in [-0.2, -0.15) is 0 Å². The van der Waals surface area contributed by atoms with E-state index in [-0.39, 0.29) is 24.1 Å². The molecular weight excluding hydrogens is 456 g/mol. The smallest absolute Gasteiger partial charge is 0.257 e. The van der Waals surface area contributed by atoms with Gasteiger partial charge in [-0.15, -0.1) is 0 Å². The Morgan fingerprint density at radius 3 is 2.42 bits per heavy atom. The van der Waals surface area contributed by atoms with E-state index in [4.69, 9.17) is 0 Å². The number of aromatic amines is 1. The molecule has 0 fully saturated rings. The van der Waals surface area contributed by atoms with Crippen LogP contribution in [0, 0.1) is 6.92 Å². The number of carbonyl (C=O) groups is 3. The highest BCUT2D eigenvalue weighted by Crippen LogP contribution is 2.25. The first kappa shape index (κ1) is 24.7. The Morgan fingerprint density at radius 2 is 1.69 bits per heavy atom. The maximum atomic E-state index is 13.0. The molecule has 9 heteroatoms. The van der Waals surface area contributed by atoms with Crippen molar-refractivity contribution in [2.75, 3.05) is 23.7 Å². The lowest BCUT2D eigenvalue weighted by atomic mass is 10.1. The summed E-state index contributed by atoms with van der Waals surface area (Å²) < 4.78 is 0. The van der Waals surface area contributed by atoms with E-state index in [0.29, 0.717) is 46.8 Å². The van der Waals surface area contributed by atoms with Crippen LogP contribution in [-0.2, 0) is 4.79 Å². The molecule has 0 aliphatic heterocycles. The van der Waals surface area contributed by atoms with Crippen molar-refractivity contribution in [3.05, 3.63) is 71.7 Å². The standard InChI is InChI=1S/C27H28N6O3/c1-4-24(34)18-8-6-17(7-9-18)23-11-19-10-20(13-30-26(19)32-23)27(36)33-22-12-21(14-29-16(22)3)31-25(35)15-28-5-2/h6-14,28H,4-5,15H2,1-3H3,(H,30,32)(H,31,35)(H,33,36). The first-order valence-corrected chi connectivity index (χ1v) is 11.8. The zero-order valence-corrected chi connectivity index (χ0v) is 20.4. The number of amides is 2. The van der Waals surface area contributed by atoms with Crippen LogP contribution in [0.3, 0.4) is 0 Å². The molecule has 0 saturated carbocycles. The Balaban J connectivity index is 1.51. The average Bonchev–Trinajstić information content (AvgIpc) is 3.32. The lowest BCUT2D eigenvalue weighted by molar-refractivity contribution is -0.115. The summed E-state index contributed by atoms with van der Waals surface area (Å²) in [5, 5.41) is 9.36. The van der Waals surface area contributed by atoms with E-state index in [1.165, 1.54) is 6.20 Å². The van der Waals surface area contributed by atoms with Crippen LogP contribution < -0.4 is 16.0 Å². The van der Waals surface area contributed by atoms with E-state index in [1.54, 1.807) is 25.3 Å². The molecule has 36 heavy (non-hydrogen) atoms. The molecule has 4 rings (SSSR count). The predicted octanol–water partition coefficient (Wildman–Crippen LogP) is 4.33. The molecule has 184 valence electrons. The van der Waals surface area contributed by atoms with E-state index in [2.05, 4.69) is 30.9 Å². The van der Waals surface area contributed by atoms with Gasteiger partial charge in [0.25, 0.3) is 5.91 Å². The predicted molar refractivity (Wildman–Crippen MR) is 140 cm³/mol. The van der Waals surface area contributed by atoms with Gasteiger partial charge < -0.3 is 20.9 Å². The maximum Gasteiger partial charge on any atom is 0.257 e. The molecule has 0 radical (unpaired) electrons. The summed E-state index contributed by atoms with van der Waals surface area (Å²) in [7, 11) is 0. The van der Waals surface area contributed by atoms with Crippen LogP contribution >= 0.6 is 0 Å². The molecular formula is C27H28N6O3. The second-order valence-corrected chi connectivity index (χ2v) is 8.34. The van der Waals surface area contributed by atoms with E-state index in [1.807, 2.05) is 44.2 Å². The van der Waals surface area contributed by atoms with Crippen LogP contribution in [0.2, 0.25) is 0 Å². The number of anilines is 2. The summed E-state index contributed by atoms with van der Waals surface area (Å²) >= 11 is 0. The van der Waals surface area contributed by atoms with Gasteiger partial charge in [-0.05, 0) is 37.2 Å². The summed E-state index contributed by atoms with van der Waals surface area (Å²) in [6.07, 6.45) is 3.52. The Morgan fingerprint density at radius 1 is 0.917 bits per heavy atom. The van der Waals surface area contributed by atoms with Gasteiger partial charge in [0.05, 0.1) is 35.4 Å². The molecule has 0 saturated heterocycles. The normalized spacial score (nSPS) is 10.9. The maximum absolute atomic E-state index is 13.0. The van der Waals surface area contributed by atoms with Crippen LogP contribution in [0.25, 0.3) is 22.3 Å². The number of ketones is 1. The van der Waals surface area contributed by atoms with Gasteiger partial charge in [0.1, 0.15) is 5.65 Å². The fourth-order valence-electron chi connectivity index (χ4n) is 3.70. The number of rotatable bonds is 9. The number of H-pyrrole nitrogens is 1. The Kier molecular flexibility index (Phi) is 7.50. The molecule has 3 heterocycles. The second-order valence-electron chi connectivity index (χ2n) is 8.34. The van der Waals surface area contributed by atoms with Gasteiger partial charge in [-0.25, -0.2) is 4.98 Å². The number of benzene rings is 1. The fraction of sp³-hybridized carbons (Fsp3) is 0.222. The minimum absolute atomic E-state index is 0.0994. The number of nitrogens with zero attached hydrogens (tertiary/aromatic N) is 2. The van der Waals surface area contributed by atoms with Crippen LogP contribution in [0.5, 0.6) is 0 Å². The van der Waals surface area contributed by atoms with Crippen LogP contribution in [-0.4, -0.2) is 45.6 Å². The van der Waals surface area contributed by atoms with Crippen LogP contribution in [0.15, 0.2) is 54.9 Å². The number of aromatic nitrogens is 3. The highest BCUT2D eigenvalue weighted by Gasteiger charge is 2.13. The fourth-order valence-corrected chi connectivity index (χ4v) is 3.70. The van der Waals surface area contributed by atoms with Crippen molar-refractivity contribution in [1.82, 2.24) is 20.3 Å². The number of hydrogen-bond donors (Lipinski definition) is 4. The first-order valence-electron chi connectivity index (χ1n) is 11.8. The number of pyridine rings is 2. The first-order chi connectivity index (χ1) is 17.4. The lowest BCUT2D eigenvalue weighted by Gasteiger charge is -2.11. The molecule has 0 atom stereocenters. The third kappa shape index (κ3) is 5.64. The summed E-state index contributed by atoms with van der Waals surface area (Å²) in [4.78, 5) is 48.8. The van der Waals surface area contributed by atoms with Gasteiger partial charge in [0.15, 0.2) is 5.78 Å². The van der Waals surface area contributed by atoms with Gasteiger partial charge in [-0.1, -0.05) is 38.1 Å². The number of likely N-dealkylation sites (N-methyl/N-ethyl adjacent to an activating group) is 1.